The molecule has 210 valence electrons. The van der Waals surface area contributed by atoms with Gasteiger partial charge in [-0.3, -0.25) is 9.05 Å². The van der Waals surface area contributed by atoms with E-state index in [1.807, 2.05) is 0 Å². The topological polar surface area (TPSA) is 103 Å². The summed E-state index contributed by atoms with van der Waals surface area (Å²) in [5.74, 6) is 1.86. The SMILES string of the molecule is O=P(OCc1ccc(COP(=O)(Oc2ccccc2)Oc2ccccc2)o1)(Oc1ccccc1)Oc1ccccc1. The smallest absolute Gasteiger partial charge is 0.461 e. The number of rotatable bonds is 14. The van der Waals surface area contributed by atoms with Crippen LogP contribution in [-0.4, -0.2) is 0 Å². The first-order valence-corrected chi connectivity index (χ1v) is 15.4. The third-order valence-corrected chi connectivity index (χ3v) is 7.92. The molecular weight excluding hydrogens is 566 g/mol. The fourth-order valence-electron chi connectivity index (χ4n) is 3.45. The number of benzene rings is 4. The number of hydrogen-bond acceptors (Lipinski definition) is 9. The molecular formula is C30H26O9P2. The lowest BCUT2D eigenvalue weighted by Gasteiger charge is -2.19. The van der Waals surface area contributed by atoms with Crippen LogP contribution in [0.5, 0.6) is 23.0 Å². The van der Waals surface area contributed by atoms with Gasteiger partial charge in [0.15, 0.2) is 0 Å². The van der Waals surface area contributed by atoms with Gasteiger partial charge in [-0.05, 0) is 60.7 Å². The van der Waals surface area contributed by atoms with Gasteiger partial charge in [0.05, 0.1) is 0 Å². The van der Waals surface area contributed by atoms with Gasteiger partial charge < -0.3 is 22.5 Å². The van der Waals surface area contributed by atoms with E-state index in [1.165, 1.54) is 0 Å². The summed E-state index contributed by atoms with van der Waals surface area (Å²) in [6, 6.07) is 37.4. The molecule has 0 fully saturated rings. The second kappa shape index (κ2) is 13.4. The van der Waals surface area contributed by atoms with Crippen molar-refractivity contribution in [2.75, 3.05) is 0 Å². The summed E-state index contributed by atoms with van der Waals surface area (Å²) < 4.78 is 66.5. The van der Waals surface area contributed by atoms with Crippen LogP contribution in [-0.2, 0) is 31.4 Å². The summed E-state index contributed by atoms with van der Waals surface area (Å²) in [5, 5.41) is 0. The predicted molar refractivity (Wildman–Crippen MR) is 152 cm³/mol. The molecule has 1 heterocycles. The van der Waals surface area contributed by atoms with E-state index >= 15 is 0 Å². The van der Waals surface area contributed by atoms with Crippen LogP contribution < -0.4 is 18.1 Å². The minimum absolute atomic E-state index is 0.240. The van der Waals surface area contributed by atoms with Gasteiger partial charge in [-0.15, -0.1) is 0 Å². The lowest BCUT2D eigenvalue weighted by atomic mass is 10.3. The number of hydrogen-bond donors (Lipinski definition) is 0. The molecule has 0 aliphatic carbocycles. The Hall–Kier alpha value is -4.26. The highest BCUT2D eigenvalue weighted by atomic mass is 31.2. The number of phosphoric ester groups is 2. The average Bonchev–Trinajstić information content (AvgIpc) is 3.45. The second-order valence-corrected chi connectivity index (χ2v) is 11.5. The maximum absolute atomic E-state index is 13.5. The molecule has 5 aromatic rings. The molecule has 41 heavy (non-hydrogen) atoms. The first kappa shape index (κ1) is 28.3. The fraction of sp³-hybridized carbons (Fsp3) is 0.0667. The van der Waals surface area contributed by atoms with E-state index in [1.54, 1.807) is 133 Å². The molecule has 0 aliphatic rings. The van der Waals surface area contributed by atoms with E-state index in [0.29, 0.717) is 34.5 Å². The van der Waals surface area contributed by atoms with Gasteiger partial charge in [0.25, 0.3) is 0 Å². The largest absolute Gasteiger partial charge is 0.588 e. The summed E-state index contributed by atoms with van der Waals surface area (Å²) in [6.45, 7) is -0.481. The maximum Gasteiger partial charge on any atom is 0.588 e. The molecule has 0 N–H and O–H groups in total. The van der Waals surface area contributed by atoms with Gasteiger partial charge >= 0.3 is 15.6 Å². The van der Waals surface area contributed by atoms with Gasteiger partial charge in [0.1, 0.15) is 47.7 Å². The molecule has 0 atom stereocenters. The van der Waals surface area contributed by atoms with Crippen molar-refractivity contribution < 1.29 is 40.7 Å². The summed E-state index contributed by atoms with van der Waals surface area (Å²) in [4.78, 5) is 0. The molecule has 0 radical (unpaired) electrons. The Morgan fingerprint density at radius 1 is 0.415 bits per heavy atom. The van der Waals surface area contributed by atoms with Crippen molar-refractivity contribution in [3.05, 3.63) is 145 Å². The van der Waals surface area contributed by atoms with E-state index in [2.05, 4.69) is 0 Å². The Balaban J connectivity index is 1.25. The highest BCUT2D eigenvalue weighted by Crippen LogP contribution is 2.51. The standard InChI is InChI=1S/C30H26O9P2/c31-40(36-25-13-5-1-6-14-25,37-26-15-7-2-8-16-26)33-23-29-21-22-30(35-29)24-34-41(32,38-27-17-9-3-10-18-27)39-28-19-11-4-12-20-28/h1-22H,23-24H2. The van der Waals surface area contributed by atoms with Crippen LogP contribution in [0.25, 0.3) is 0 Å². The van der Waals surface area contributed by atoms with Gasteiger partial charge in [-0.1, -0.05) is 72.8 Å². The molecule has 4 aromatic carbocycles. The first-order valence-electron chi connectivity index (χ1n) is 12.5. The van der Waals surface area contributed by atoms with Crippen LogP contribution in [0.15, 0.2) is 138 Å². The molecule has 9 nitrogen and oxygen atoms in total. The monoisotopic (exact) mass is 592 g/mol. The zero-order chi connectivity index (χ0) is 28.4. The van der Waals surface area contributed by atoms with Crippen molar-refractivity contribution in [3.63, 3.8) is 0 Å². The molecule has 5 rings (SSSR count). The molecule has 0 spiro atoms. The van der Waals surface area contributed by atoms with Crippen LogP contribution in [0.3, 0.4) is 0 Å². The molecule has 0 bridgehead atoms. The Kier molecular flexibility index (Phi) is 9.24. The lowest BCUT2D eigenvalue weighted by molar-refractivity contribution is 0.171. The van der Waals surface area contributed by atoms with Gasteiger partial charge in [-0.2, -0.15) is 0 Å². The zero-order valence-corrected chi connectivity index (χ0v) is 23.5. The lowest BCUT2D eigenvalue weighted by Crippen LogP contribution is -2.05. The van der Waals surface area contributed by atoms with E-state index < -0.39 is 15.6 Å². The Labute approximate surface area is 237 Å². The van der Waals surface area contributed by atoms with E-state index in [0.717, 1.165) is 0 Å². The minimum Gasteiger partial charge on any atom is -0.461 e. The number of para-hydroxylation sites is 4. The molecule has 1 aromatic heterocycles. The quantitative estimate of drug-likeness (QED) is 0.117. The summed E-state index contributed by atoms with van der Waals surface area (Å²) in [7, 11) is -8.23. The molecule has 0 amide bonds. The van der Waals surface area contributed by atoms with Gasteiger partial charge in [0, 0.05) is 0 Å². The van der Waals surface area contributed by atoms with Crippen molar-refractivity contribution in [1.82, 2.24) is 0 Å². The molecule has 0 saturated heterocycles. The van der Waals surface area contributed by atoms with E-state index in [9.17, 15) is 9.13 Å². The Bertz CT molecular complexity index is 1380. The highest BCUT2D eigenvalue weighted by Gasteiger charge is 2.33. The fourth-order valence-corrected chi connectivity index (χ4v) is 5.82. The van der Waals surface area contributed by atoms with E-state index in [4.69, 9.17) is 31.6 Å². The Morgan fingerprint density at radius 3 is 0.951 bits per heavy atom. The van der Waals surface area contributed by atoms with Crippen LogP contribution in [0.4, 0.5) is 0 Å². The molecule has 0 aliphatic heterocycles. The van der Waals surface area contributed by atoms with Crippen molar-refractivity contribution in [1.29, 1.82) is 0 Å². The minimum atomic E-state index is -4.11. The van der Waals surface area contributed by atoms with Crippen molar-refractivity contribution >= 4 is 15.6 Å². The van der Waals surface area contributed by atoms with Crippen LogP contribution in [0.1, 0.15) is 11.5 Å². The van der Waals surface area contributed by atoms with Crippen molar-refractivity contribution in [3.8, 4) is 23.0 Å². The van der Waals surface area contributed by atoms with E-state index in [-0.39, 0.29) is 13.2 Å². The third kappa shape index (κ3) is 8.61. The summed E-state index contributed by atoms with van der Waals surface area (Å²) >= 11 is 0. The summed E-state index contributed by atoms with van der Waals surface area (Å²) in [5.41, 5.74) is 0. The molecule has 0 saturated carbocycles. The van der Waals surface area contributed by atoms with Crippen LogP contribution >= 0.6 is 15.6 Å². The summed E-state index contributed by atoms with van der Waals surface area (Å²) in [6.07, 6.45) is 0. The first-order chi connectivity index (χ1) is 20.0. The van der Waals surface area contributed by atoms with Crippen LogP contribution in [0, 0.1) is 0 Å². The molecule has 11 heteroatoms. The maximum atomic E-state index is 13.5. The number of phosphoric acid groups is 2. The highest BCUT2D eigenvalue weighted by molar-refractivity contribution is 7.49. The zero-order valence-electron chi connectivity index (χ0n) is 21.7. The normalized spacial score (nSPS) is 11.5. The predicted octanol–water partition coefficient (Wildman–Crippen LogP) is 8.85. The number of furan rings is 1. The third-order valence-electron chi connectivity index (χ3n) is 5.29. The van der Waals surface area contributed by atoms with Crippen LogP contribution in [0.2, 0.25) is 0 Å². The van der Waals surface area contributed by atoms with Gasteiger partial charge in [-0.25, -0.2) is 9.13 Å². The second-order valence-electron chi connectivity index (χ2n) is 8.43. The molecule has 0 unspecified atom stereocenters. The van der Waals surface area contributed by atoms with Gasteiger partial charge in [0.2, 0.25) is 0 Å². The van der Waals surface area contributed by atoms with Crippen molar-refractivity contribution in [2.24, 2.45) is 0 Å². The van der Waals surface area contributed by atoms with Crippen molar-refractivity contribution in [2.45, 2.75) is 13.2 Å². The Morgan fingerprint density at radius 2 is 0.683 bits per heavy atom. The average molecular weight is 592 g/mol.